The maximum absolute atomic E-state index is 9.67. The van der Waals surface area contributed by atoms with E-state index in [0.29, 0.717) is 0 Å². The van der Waals surface area contributed by atoms with E-state index in [1.165, 1.54) is 0 Å². The number of piperazine rings is 1. The van der Waals surface area contributed by atoms with Crippen molar-refractivity contribution in [2.24, 2.45) is 0 Å². The molecule has 0 aromatic rings. The van der Waals surface area contributed by atoms with Gasteiger partial charge in [0.15, 0.2) is 0 Å². The molecule has 2 N–H and O–H groups in total. The zero-order valence-electron chi connectivity index (χ0n) is 6.54. The van der Waals surface area contributed by atoms with Crippen molar-refractivity contribution >= 4 is 58.9 Å². The smallest absolute Gasteiger partial charge is 0.314 e. The van der Waals surface area contributed by atoms with Crippen molar-refractivity contribution in [1.82, 2.24) is 10.6 Å². The van der Waals surface area contributed by atoms with Crippen LogP contribution in [0.3, 0.4) is 0 Å². The van der Waals surface area contributed by atoms with Gasteiger partial charge in [0, 0.05) is 77.6 Å². The molecule has 0 amide bonds. The van der Waals surface area contributed by atoms with Crippen molar-refractivity contribution < 1.29 is 12.9 Å². The molecule has 7 heteroatoms. The molecule has 0 spiro atoms. The summed E-state index contributed by atoms with van der Waals surface area (Å²) in [5.41, 5.74) is 0. The fourth-order valence-corrected chi connectivity index (χ4v) is 0.604. The van der Waals surface area contributed by atoms with Crippen LogP contribution in [0.2, 0.25) is 0 Å². The number of halogens is 3. The average Bonchev–Trinajstić information content (AvgIpc) is 1.90. The van der Waals surface area contributed by atoms with Crippen molar-refractivity contribution in [2.45, 2.75) is 0 Å². The molecule has 0 saturated carbocycles. The number of nitrogens with one attached hydrogen (secondary N) is 2. The van der Waals surface area contributed by atoms with E-state index in [0.717, 1.165) is 26.2 Å². The molecule has 0 aromatic carbocycles. The molecule has 2 nitrogen and oxygen atoms in total. The summed E-state index contributed by atoms with van der Waals surface area (Å²) in [6, 6.07) is 0. The predicted molar refractivity (Wildman–Crippen MR) is 40.6 cm³/mol. The molecule has 1 saturated heterocycles. The second kappa shape index (κ2) is 11.4. The first-order chi connectivity index (χ1) is 4.73. The van der Waals surface area contributed by atoms with Crippen LogP contribution in [-0.2, 0) is 0 Å². The van der Waals surface area contributed by atoms with Gasteiger partial charge in [0.2, 0.25) is 0 Å². The second-order valence-corrected chi connectivity index (χ2v) is 1.75. The Balaban J connectivity index is 0. The third-order valence-corrected chi connectivity index (χ3v) is 0.957. The summed E-state index contributed by atoms with van der Waals surface area (Å²) >= 11 is 0. The van der Waals surface area contributed by atoms with Gasteiger partial charge in [-0.05, 0) is 0 Å². The summed E-state index contributed by atoms with van der Waals surface area (Å²) in [5.74, 6) is 0. The monoisotopic (exact) mass is 193 g/mol. The van der Waals surface area contributed by atoms with Gasteiger partial charge in [-0.25, -0.2) is 0 Å². The number of rotatable bonds is 0. The van der Waals surface area contributed by atoms with Crippen molar-refractivity contribution in [3.05, 3.63) is 0 Å². The Kier molecular flexibility index (Phi) is 15.5. The molecular weight excluding hydrogens is 183 g/mol. The van der Waals surface area contributed by atoms with Crippen LogP contribution < -0.4 is 10.6 Å². The molecule has 0 aromatic heterocycles. The summed E-state index contributed by atoms with van der Waals surface area (Å²) in [6.45, 7) is 4.56. The van der Waals surface area contributed by atoms with Gasteiger partial charge >= 0.3 is 7.54 Å². The van der Waals surface area contributed by atoms with E-state index in [1.54, 1.807) is 0 Å². The average molecular weight is 193 g/mol. The van der Waals surface area contributed by atoms with Gasteiger partial charge < -0.3 is 10.6 Å². The standard InChI is InChI=1S/C4H10N2.BF3.K/c1-2-6-4-3-5-1;2-1(3)4;/h5-6H,1-4H2;;. The summed E-state index contributed by atoms with van der Waals surface area (Å²) in [4.78, 5) is 0. The van der Waals surface area contributed by atoms with Crippen LogP contribution in [0.4, 0.5) is 12.9 Å². The molecule has 0 bridgehead atoms. The minimum atomic E-state index is -3.67. The van der Waals surface area contributed by atoms with Crippen molar-refractivity contribution in [1.29, 1.82) is 0 Å². The Hall–Kier alpha value is 1.41. The van der Waals surface area contributed by atoms with Gasteiger partial charge in [-0.15, -0.1) is 0 Å². The van der Waals surface area contributed by atoms with E-state index in [4.69, 9.17) is 0 Å². The molecule has 1 aliphatic heterocycles. The van der Waals surface area contributed by atoms with Gasteiger partial charge in [-0.2, -0.15) is 0 Å². The van der Waals surface area contributed by atoms with Gasteiger partial charge in [0.1, 0.15) is 0 Å². The fraction of sp³-hybridized carbons (Fsp3) is 1.00. The van der Waals surface area contributed by atoms with Gasteiger partial charge in [-0.3, -0.25) is 12.9 Å². The summed E-state index contributed by atoms with van der Waals surface area (Å²) in [6.07, 6.45) is 0. The second-order valence-electron chi connectivity index (χ2n) is 1.75. The molecule has 0 unspecified atom stereocenters. The Morgan fingerprint density at radius 2 is 1.00 bits per heavy atom. The third-order valence-electron chi connectivity index (χ3n) is 0.957. The molecule has 0 aliphatic carbocycles. The van der Waals surface area contributed by atoms with Crippen LogP contribution >= 0.6 is 0 Å². The zero-order valence-corrected chi connectivity index (χ0v) is 9.66. The van der Waals surface area contributed by atoms with E-state index in [9.17, 15) is 12.9 Å². The summed E-state index contributed by atoms with van der Waals surface area (Å²) in [5, 5.41) is 6.44. The first-order valence-electron chi connectivity index (χ1n) is 3.07. The van der Waals surface area contributed by atoms with E-state index in [1.807, 2.05) is 0 Å². The quantitative estimate of drug-likeness (QED) is 0.515. The fourth-order valence-electron chi connectivity index (χ4n) is 0.604. The third kappa shape index (κ3) is 18.4. The van der Waals surface area contributed by atoms with Crippen molar-refractivity contribution in [3.63, 3.8) is 0 Å². The molecule has 1 heterocycles. The molecule has 1 rings (SSSR count). The minimum Gasteiger partial charge on any atom is -0.314 e. The van der Waals surface area contributed by atoms with Crippen molar-refractivity contribution in [2.75, 3.05) is 26.2 Å². The van der Waals surface area contributed by atoms with Crippen molar-refractivity contribution in [3.8, 4) is 0 Å². The normalized spacial score (nSPS) is 15.5. The summed E-state index contributed by atoms with van der Waals surface area (Å²) < 4.78 is 29.0. The topological polar surface area (TPSA) is 24.1 Å². The largest absolute Gasteiger partial charge is 0.762 e. The molecule has 1 fully saturated rings. The van der Waals surface area contributed by atoms with Crippen LogP contribution in [0, 0.1) is 0 Å². The van der Waals surface area contributed by atoms with Gasteiger partial charge in [-0.1, -0.05) is 0 Å². The minimum absolute atomic E-state index is 0. The van der Waals surface area contributed by atoms with E-state index >= 15 is 0 Å². The Labute approximate surface area is 107 Å². The maximum Gasteiger partial charge on any atom is 0.762 e. The van der Waals surface area contributed by atoms with E-state index in [-0.39, 0.29) is 51.4 Å². The van der Waals surface area contributed by atoms with Crippen LogP contribution in [0.25, 0.3) is 0 Å². The SMILES string of the molecule is C1CNCCN1.FB(F)F.[K]. The first kappa shape index (κ1) is 14.9. The molecule has 61 valence electrons. The maximum atomic E-state index is 9.67. The van der Waals surface area contributed by atoms with Crippen LogP contribution in [0.1, 0.15) is 0 Å². The molecule has 1 aliphatic rings. The molecule has 11 heavy (non-hydrogen) atoms. The Morgan fingerprint density at radius 1 is 0.818 bits per heavy atom. The van der Waals surface area contributed by atoms with E-state index < -0.39 is 7.54 Å². The van der Waals surface area contributed by atoms with Crippen LogP contribution in [-0.4, -0.2) is 85.1 Å². The predicted octanol–water partition coefficient (Wildman–Crippen LogP) is -0.322. The van der Waals surface area contributed by atoms with Crippen LogP contribution in [0.15, 0.2) is 0 Å². The number of hydrogen-bond acceptors (Lipinski definition) is 2. The Morgan fingerprint density at radius 3 is 1.09 bits per heavy atom. The summed E-state index contributed by atoms with van der Waals surface area (Å²) in [7, 11) is -3.67. The Bertz CT molecular complexity index is 60.1. The van der Waals surface area contributed by atoms with Crippen LogP contribution in [0.5, 0.6) is 0 Å². The van der Waals surface area contributed by atoms with Gasteiger partial charge in [0.25, 0.3) is 0 Å². The molecule has 1 radical (unpaired) electrons. The molecular formula is C4H10BF3KN2. The van der Waals surface area contributed by atoms with E-state index in [2.05, 4.69) is 10.6 Å². The van der Waals surface area contributed by atoms with Gasteiger partial charge in [0.05, 0.1) is 0 Å². The first-order valence-corrected chi connectivity index (χ1v) is 3.07. The number of hydrogen-bond donors (Lipinski definition) is 2. The molecule has 0 atom stereocenters. The zero-order chi connectivity index (χ0) is 7.82.